The number of fused-ring (bicyclic) bond motifs is 1. The number of furan rings is 1. The Labute approximate surface area is 138 Å². The maximum atomic E-state index is 11.9. The van der Waals surface area contributed by atoms with Gasteiger partial charge >= 0.3 is 0 Å². The van der Waals surface area contributed by atoms with Gasteiger partial charge in [0.2, 0.25) is 5.91 Å². The maximum absolute atomic E-state index is 11.9. The van der Waals surface area contributed by atoms with Crippen LogP contribution in [0.2, 0.25) is 0 Å². The van der Waals surface area contributed by atoms with Gasteiger partial charge in [0.1, 0.15) is 5.76 Å². The number of thiazole rings is 1. The first-order valence-electron chi connectivity index (χ1n) is 7.57. The van der Waals surface area contributed by atoms with E-state index in [2.05, 4.69) is 10.3 Å². The maximum Gasteiger partial charge on any atom is 0.246 e. The zero-order valence-corrected chi connectivity index (χ0v) is 13.9. The number of carbonyl (C=O) groups excluding carboxylic acids is 1. The molecule has 5 heteroatoms. The average Bonchev–Trinajstić information content (AvgIpc) is 3.19. The molecule has 0 aliphatic carbocycles. The lowest BCUT2D eigenvalue weighted by Crippen LogP contribution is -2.23. The molecule has 2 heterocycles. The number of rotatable bonds is 5. The summed E-state index contributed by atoms with van der Waals surface area (Å²) < 4.78 is 6.94. The van der Waals surface area contributed by atoms with Gasteiger partial charge in [-0.2, -0.15) is 0 Å². The van der Waals surface area contributed by atoms with E-state index < -0.39 is 0 Å². The number of aromatic nitrogens is 1. The van der Waals surface area contributed by atoms with Crippen molar-refractivity contribution in [1.29, 1.82) is 0 Å². The van der Waals surface area contributed by atoms with E-state index >= 15 is 0 Å². The van der Waals surface area contributed by atoms with E-state index in [9.17, 15) is 4.79 Å². The van der Waals surface area contributed by atoms with Crippen molar-refractivity contribution in [2.45, 2.75) is 26.8 Å². The summed E-state index contributed by atoms with van der Waals surface area (Å²) in [5.74, 6) is 1.39. The molecule has 2 aromatic heterocycles. The highest BCUT2D eigenvalue weighted by Gasteiger charge is 2.11. The quantitative estimate of drug-likeness (QED) is 0.701. The van der Waals surface area contributed by atoms with Crippen LogP contribution < -0.4 is 5.32 Å². The molecule has 0 fully saturated rings. The molecule has 3 rings (SSSR count). The Morgan fingerprint density at radius 1 is 1.30 bits per heavy atom. The fraction of sp³-hybridized carbons (Fsp3) is 0.222. The number of para-hydroxylation sites is 1. The molecule has 3 aromatic rings. The molecule has 0 aliphatic rings. The molecule has 0 aliphatic heterocycles. The van der Waals surface area contributed by atoms with Crippen LogP contribution in [0, 0.1) is 0 Å². The summed E-state index contributed by atoms with van der Waals surface area (Å²) in [6.45, 7) is 4.19. The van der Waals surface area contributed by atoms with Crippen LogP contribution >= 0.6 is 11.3 Å². The van der Waals surface area contributed by atoms with Gasteiger partial charge in [0, 0.05) is 5.57 Å². The topological polar surface area (TPSA) is 55.1 Å². The third-order valence-electron chi connectivity index (χ3n) is 3.46. The van der Waals surface area contributed by atoms with E-state index in [1.54, 1.807) is 11.3 Å². The number of allylic oxidation sites excluding steroid dienone is 1. The van der Waals surface area contributed by atoms with Crippen LogP contribution in [-0.4, -0.2) is 10.9 Å². The predicted molar refractivity (Wildman–Crippen MR) is 93.2 cm³/mol. The lowest BCUT2D eigenvalue weighted by Gasteiger charge is -2.02. The van der Waals surface area contributed by atoms with E-state index in [4.69, 9.17) is 4.42 Å². The van der Waals surface area contributed by atoms with Gasteiger partial charge in [0.05, 0.1) is 16.8 Å². The minimum atomic E-state index is -0.0650. The van der Waals surface area contributed by atoms with E-state index in [0.29, 0.717) is 6.54 Å². The van der Waals surface area contributed by atoms with Crippen molar-refractivity contribution in [2.75, 3.05) is 0 Å². The van der Waals surface area contributed by atoms with Gasteiger partial charge < -0.3 is 9.73 Å². The van der Waals surface area contributed by atoms with Gasteiger partial charge in [-0.3, -0.25) is 4.79 Å². The van der Waals surface area contributed by atoms with Gasteiger partial charge in [-0.15, -0.1) is 11.3 Å². The first kappa shape index (κ1) is 15.5. The fourth-order valence-electron chi connectivity index (χ4n) is 2.27. The Bertz CT molecular complexity index is 828. The molecule has 23 heavy (non-hydrogen) atoms. The third kappa shape index (κ3) is 3.51. The van der Waals surface area contributed by atoms with Crippen LogP contribution in [0.15, 0.2) is 52.5 Å². The zero-order valence-electron chi connectivity index (χ0n) is 13.1. The zero-order chi connectivity index (χ0) is 16.2. The predicted octanol–water partition coefficient (Wildman–Crippen LogP) is 4.53. The van der Waals surface area contributed by atoms with Crippen molar-refractivity contribution in [2.24, 2.45) is 0 Å². The second-order valence-electron chi connectivity index (χ2n) is 5.23. The molecule has 118 valence electrons. The molecule has 0 saturated carbocycles. The fourth-order valence-corrected chi connectivity index (χ4v) is 3.20. The largest absolute Gasteiger partial charge is 0.457 e. The van der Waals surface area contributed by atoms with E-state index in [1.807, 2.05) is 56.3 Å². The molecule has 0 unspecified atom stereocenters. The number of nitrogens with zero attached hydrogens (tertiary/aromatic N) is 1. The lowest BCUT2D eigenvalue weighted by molar-refractivity contribution is -0.117. The van der Waals surface area contributed by atoms with Gasteiger partial charge in [-0.1, -0.05) is 25.1 Å². The number of amides is 1. The van der Waals surface area contributed by atoms with Crippen molar-refractivity contribution in [3.8, 4) is 10.8 Å². The summed E-state index contributed by atoms with van der Waals surface area (Å²) in [4.78, 5) is 16.4. The molecule has 1 aromatic carbocycles. The summed E-state index contributed by atoms with van der Waals surface area (Å²) >= 11 is 1.60. The van der Waals surface area contributed by atoms with Crippen LogP contribution in [0.4, 0.5) is 0 Å². The van der Waals surface area contributed by atoms with Crippen molar-refractivity contribution in [1.82, 2.24) is 10.3 Å². The van der Waals surface area contributed by atoms with Crippen LogP contribution in [0.3, 0.4) is 0 Å². The Kier molecular flexibility index (Phi) is 4.57. The molecule has 0 spiro atoms. The van der Waals surface area contributed by atoms with Gasteiger partial charge in [-0.05, 0) is 37.6 Å². The molecule has 0 radical (unpaired) electrons. The standard InChI is InChI=1S/C18H18N2O2S/c1-3-6-12(2)17(21)19-11-13-9-10-15(22-13)18-20-14-7-4-5-8-16(14)23-18/h4-10H,3,11H2,1-2H3,(H,19,21)/b12-6-. The normalized spacial score (nSPS) is 11.8. The molecule has 0 saturated heterocycles. The first-order valence-corrected chi connectivity index (χ1v) is 8.38. The number of hydrogen-bond acceptors (Lipinski definition) is 4. The second kappa shape index (κ2) is 6.79. The summed E-state index contributed by atoms with van der Waals surface area (Å²) in [5, 5.41) is 3.71. The molecule has 1 N–H and O–H groups in total. The Hall–Kier alpha value is -2.40. The summed E-state index contributed by atoms with van der Waals surface area (Å²) in [6, 6.07) is 11.8. The van der Waals surface area contributed by atoms with E-state index in [1.165, 1.54) is 0 Å². The third-order valence-corrected chi connectivity index (χ3v) is 4.51. The van der Waals surface area contributed by atoms with Gasteiger partial charge in [-0.25, -0.2) is 4.98 Å². The highest BCUT2D eigenvalue weighted by Crippen LogP contribution is 2.31. The van der Waals surface area contributed by atoms with E-state index in [0.717, 1.165) is 38.7 Å². The monoisotopic (exact) mass is 326 g/mol. The second-order valence-corrected chi connectivity index (χ2v) is 6.26. The molecular formula is C18H18N2O2S. The summed E-state index contributed by atoms with van der Waals surface area (Å²) in [5.41, 5.74) is 1.70. The smallest absolute Gasteiger partial charge is 0.246 e. The molecule has 1 amide bonds. The number of carbonyl (C=O) groups is 1. The van der Waals surface area contributed by atoms with Crippen molar-refractivity contribution in [3.63, 3.8) is 0 Å². The summed E-state index contributed by atoms with van der Waals surface area (Å²) in [6.07, 6.45) is 2.76. The Balaban J connectivity index is 1.70. The van der Waals surface area contributed by atoms with Gasteiger partial charge in [0.25, 0.3) is 0 Å². The molecule has 0 atom stereocenters. The van der Waals surface area contributed by atoms with Crippen molar-refractivity contribution >= 4 is 27.5 Å². The van der Waals surface area contributed by atoms with Crippen molar-refractivity contribution in [3.05, 3.63) is 53.8 Å². The highest BCUT2D eigenvalue weighted by atomic mass is 32.1. The molecule has 0 bridgehead atoms. The SMILES string of the molecule is CC/C=C(/C)C(=O)NCc1ccc(-c2nc3ccccc3s2)o1. The van der Waals surface area contributed by atoms with Crippen molar-refractivity contribution < 1.29 is 9.21 Å². The van der Waals surface area contributed by atoms with Crippen LogP contribution in [0.25, 0.3) is 21.0 Å². The van der Waals surface area contributed by atoms with E-state index in [-0.39, 0.29) is 5.91 Å². The first-order chi connectivity index (χ1) is 11.2. The van der Waals surface area contributed by atoms with Gasteiger partial charge in [0.15, 0.2) is 10.8 Å². The molecular weight excluding hydrogens is 308 g/mol. The van der Waals surface area contributed by atoms with Crippen LogP contribution in [0.1, 0.15) is 26.0 Å². The number of hydrogen-bond donors (Lipinski definition) is 1. The Morgan fingerprint density at radius 2 is 2.13 bits per heavy atom. The van der Waals surface area contributed by atoms with Crippen LogP contribution in [0.5, 0.6) is 0 Å². The molecule has 4 nitrogen and oxygen atoms in total. The average molecular weight is 326 g/mol. The van der Waals surface area contributed by atoms with Crippen LogP contribution in [-0.2, 0) is 11.3 Å². The minimum Gasteiger partial charge on any atom is -0.457 e. The number of benzene rings is 1. The lowest BCUT2D eigenvalue weighted by atomic mass is 10.2. The Morgan fingerprint density at radius 3 is 2.91 bits per heavy atom. The minimum absolute atomic E-state index is 0.0650. The summed E-state index contributed by atoms with van der Waals surface area (Å²) in [7, 11) is 0. The highest BCUT2D eigenvalue weighted by molar-refractivity contribution is 7.21. The number of nitrogens with one attached hydrogen (secondary N) is 1.